The van der Waals surface area contributed by atoms with E-state index in [9.17, 15) is 0 Å². The predicted octanol–water partition coefficient (Wildman–Crippen LogP) is 2.92. The third-order valence-electron chi connectivity index (χ3n) is 3.00. The maximum atomic E-state index is 5.77. The Hall–Kier alpha value is -2.27. The lowest BCUT2D eigenvalue weighted by atomic mass is 10.2. The second kappa shape index (κ2) is 6.95. The van der Waals surface area contributed by atoms with E-state index in [-0.39, 0.29) is 0 Å². The van der Waals surface area contributed by atoms with E-state index in [1.807, 2.05) is 30.3 Å². The molecular weight excluding hydrogens is 286 g/mol. The summed E-state index contributed by atoms with van der Waals surface area (Å²) in [4.78, 5) is 0.329. The smallest absolute Gasteiger partial charge is 0.161 e. The van der Waals surface area contributed by atoms with E-state index in [0.717, 1.165) is 16.9 Å². The summed E-state index contributed by atoms with van der Waals surface area (Å²) in [5, 5.41) is 0. The number of thiocarbonyl (C=S) groups is 1. The highest BCUT2D eigenvalue weighted by Crippen LogP contribution is 2.29. The fourth-order valence-electron chi connectivity index (χ4n) is 1.82. The zero-order chi connectivity index (χ0) is 15.2. The van der Waals surface area contributed by atoms with E-state index in [1.54, 1.807) is 26.4 Å². The third-order valence-corrected chi connectivity index (χ3v) is 3.24. The van der Waals surface area contributed by atoms with Gasteiger partial charge in [0.25, 0.3) is 0 Å². The standard InChI is InChI=1S/C16H17NO3S/c1-18-13-6-3-11(4-7-13)10-20-14-8-5-12(16(17)21)9-15(14)19-2/h3-9H,10H2,1-2H3,(H2,17,21). The van der Waals surface area contributed by atoms with Crippen molar-refractivity contribution in [1.29, 1.82) is 0 Å². The predicted molar refractivity (Wildman–Crippen MR) is 86.2 cm³/mol. The average molecular weight is 303 g/mol. The molecule has 4 nitrogen and oxygen atoms in total. The summed E-state index contributed by atoms with van der Waals surface area (Å²) in [6.07, 6.45) is 0. The van der Waals surface area contributed by atoms with Crippen LogP contribution in [0.25, 0.3) is 0 Å². The lowest BCUT2D eigenvalue weighted by Gasteiger charge is -2.12. The monoisotopic (exact) mass is 303 g/mol. The fourth-order valence-corrected chi connectivity index (χ4v) is 1.95. The van der Waals surface area contributed by atoms with Crippen molar-refractivity contribution >= 4 is 17.2 Å². The summed E-state index contributed by atoms with van der Waals surface area (Å²) in [6.45, 7) is 0.437. The maximum Gasteiger partial charge on any atom is 0.161 e. The van der Waals surface area contributed by atoms with Gasteiger partial charge >= 0.3 is 0 Å². The van der Waals surface area contributed by atoms with Gasteiger partial charge in [-0.25, -0.2) is 0 Å². The molecule has 0 fully saturated rings. The molecule has 2 N–H and O–H groups in total. The molecule has 2 aromatic rings. The Bertz CT molecular complexity index is 626. The van der Waals surface area contributed by atoms with E-state index in [1.165, 1.54) is 0 Å². The molecule has 0 bridgehead atoms. The Morgan fingerprint density at radius 3 is 2.29 bits per heavy atom. The highest BCUT2D eigenvalue weighted by molar-refractivity contribution is 7.80. The summed E-state index contributed by atoms with van der Waals surface area (Å²) in [6, 6.07) is 13.1. The van der Waals surface area contributed by atoms with Crippen LogP contribution in [-0.2, 0) is 6.61 Å². The van der Waals surface area contributed by atoms with Crippen molar-refractivity contribution in [3.05, 3.63) is 53.6 Å². The molecule has 0 radical (unpaired) electrons. The van der Waals surface area contributed by atoms with Crippen LogP contribution >= 0.6 is 12.2 Å². The summed E-state index contributed by atoms with van der Waals surface area (Å²) in [5.74, 6) is 2.07. The number of benzene rings is 2. The molecule has 2 rings (SSSR count). The van der Waals surface area contributed by atoms with E-state index in [4.69, 9.17) is 32.2 Å². The second-order valence-electron chi connectivity index (χ2n) is 4.37. The minimum atomic E-state index is 0.329. The van der Waals surface area contributed by atoms with Crippen LogP contribution in [0.3, 0.4) is 0 Å². The van der Waals surface area contributed by atoms with Crippen molar-refractivity contribution in [1.82, 2.24) is 0 Å². The van der Waals surface area contributed by atoms with Gasteiger partial charge in [0.15, 0.2) is 11.5 Å². The summed E-state index contributed by atoms with van der Waals surface area (Å²) in [7, 11) is 3.22. The maximum absolute atomic E-state index is 5.77. The number of hydrogen-bond acceptors (Lipinski definition) is 4. The van der Waals surface area contributed by atoms with Crippen molar-refractivity contribution in [3.8, 4) is 17.2 Å². The zero-order valence-corrected chi connectivity index (χ0v) is 12.8. The van der Waals surface area contributed by atoms with Gasteiger partial charge in [-0.15, -0.1) is 0 Å². The van der Waals surface area contributed by atoms with Gasteiger partial charge in [-0.2, -0.15) is 0 Å². The molecule has 0 saturated heterocycles. The zero-order valence-electron chi connectivity index (χ0n) is 12.0. The van der Waals surface area contributed by atoms with E-state index >= 15 is 0 Å². The lowest BCUT2D eigenvalue weighted by molar-refractivity contribution is 0.284. The van der Waals surface area contributed by atoms with Crippen LogP contribution in [0.5, 0.6) is 17.2 Å². The van der Waals surface area contributed by atoms with Crippen LogP contribution in [0.1, 0.15) is 11.1 Å². The Kier molecular flexibility index (Phi) is 5.00. The lowest BCUT2D eigenvalue weighted by Crippen LogP contribution is -2.09. The molecule has 0 aliphatic carbocycles. The molecule has 0 amide bonds. The molecule has 0 aromatic heterocycles. The van der Waals surface area contributed by atoms with Crippen molar-refractivity contribution in [2.75, 3.05) is 14.2 Å². The first-order chi connectivity index (χ1) is 10.1. The molecule has 0 unspecified atom stereocenters. The quantitative estimate of drug-likeness (QED) is 0.832. The number of hydrogen-bond donors (Lipinski definition) is 1. The fraction of sp³-hybridized carbons (Fsp3) is 0.188. The summed E-state index contributed by atoms with van der Waals surface area (Å²) in [5.41, 5.74) is 7.39. The second-order valence-corrected chi connectivity index (χ2v) is 4.81. The van der Waals surface area contributed by atoms with Gasteiger partial charge in [-0.3, -0.25) is 0 Å². The molecule has 2 aromatic carbocycles. The van der Waals surface area contributed by atoms with Crippen LogP contribution in [0.2, 0.25) is 0 Å². The van der Waals surface area contributed by atoms with Gasteiger partial charge in [0.1, 0.15) is 17.3 Å². The molecule has 0 aliphatic rings. The molecule has 21 heavy (non-hydrogen) atoms. The van der Waals surface area contributed by atoms with Crippen LogP contribution < -0.4 is 19.9 Å². The third kappa shape index (κ3) is 3.86. The van der Waals surface area contributed by atoms with E-state index in [2.05, 4.69) is 0 Å². The van der Waals surface area contributed by atoms with Crippen LogP contribution in [-0.4, -0.2) is 19.2 Å². The number of methoxy groups -OCH3 is 2. The topological polar surface area (TPSA) is 53.7 Å². The van der Waals surface area contributed by atoms with E-state index in [0.29, 0.717) is 23.1 Å². The van der Waals surface area contributed by atoms with Crippen LogP contribution in [0, 0.1) is 0 Å². The van der Waals surface area contributed by atoms with Gasteiger partial charge in [0.2, 0.25) is 0 Å². The highest BCUT2D eigenvalue weighted by atomic mass is 32.1. The van der Waals surface area contributed by atoms with Crippen LogP contribution in [0.4, 0.5) is 0 Å². The first kappa shape index (κ1) is 15.1. The number of nitrogens with two attached hydrogens (primary N) is 1. The van der Waals surface area contributed by atoms with Gasteiger partial charge < -0.3 is 19.9 Å². The molecule has 0 saturated carbocycles. The Morgan fingerprint density at radius 1 is 1.00 bits per heavy atom. The molecular formula is C16H17NO3S. The SMILES string of the molecule is COc1ccc(COc2ccc(C(N)=S)cc2OC)cc1. The molecule has 0 heterocycles. The van der Waals surface area contributed by atoms with Crippen molar-refractivity contribution in [3.63, 3.8) is 0 Å². The molecule has 110 valence electrons. The number of ether oxygens (including phenoxy) is 3. The molecule has 5 heteroatoms. The largest absolute Gasteiger partial charge is 0.497 e. The minimum absolute atomic E-state index is 0.329. The van der Waals surface area contributed by atoms with Gasteiger partial charge in [-0.05, 0) is 35.9 Å². The van der Waals surface area contributed by atoms with Crippen molar-refractivity contribution < 1.29 is 14.2 Å². The molecule has 0 atom stereocenters. The molecule has 0 spiro atoms. The minimum Gasteiger partial charge on any atom is -0.497 e. The highest BCUT2D eigenvalue weighted by Gasteiger charge is 2.07. The first-order valence-corrected chi connectivity index (χ1v) is 6.78. The van der Waals surface area contributed by atoms with Gasteiger partial charge in [0, 0.05) is 5.56 Å². The van der Waals surface area contributed by atoms with Gasteiger partial charge in [0.05, 0.1) is 14.2 Å². The summed E-state index contributed by atoms with van der Waals surface area (Å²) >= 11 is 4.95. The van der Waals surface area contributed by atoms with Crippen molar-refractivity contribution in [2.24, 2.45) is 5.73 Å². The Balaban J connectivity index is 2.09. The van der Waals surface area contributed by atoms with Crippen LogP contribution in [0.15, 0.2) is 42.5 Å². The van der Waals surface area contributed by atoms with E-state index < -0.39 is 0 Å². The van der Waals surface area contributed by atoms with Gasteiger partial charge in [-0.1, -0.05) is 24.4 Å². The number of rotatable bonds is 6. The average Bonchev–Trinajstić information content (AvgIpc) is 2.53. The first-order valence-electron chi connectivity index (χ1n) is 6.37. The molecule has 0 aliphatic heterocycles. The Morgan fingerprint density at radius 2 is 1.71 bits per heavy atom. The normalized spacial score (nSPS) is 10.0. The van der Waals surface area contributed by atoms with Crippen molar-refractivity contribution in [2.45, 2.75) is 6.61 Å². The Labute approximate surface area is 129 Å². The summed E-state index contributed by atoms with van der Waals surface area (Å²) < 4.78 is 16.2.